The molecule has 0 aliphatic heterocycles. The predicted molar refractivity (Wildman–Crippen MR) is 120 cm³/mol. The molecule has 158 valence electrons. The molecular formula is C21H24N4O3S2. The number of anilines is 1. The Balaban J connectivity index is 2.11. The van der Waals surface area contributed by atoms with Gasteiger partial charge < -0.3 is 19.1 Å². The minimum atomic E-state index is -1.07. The molecule has 1 heterocycles. The second-order valence-electron chi connectivity index (χ2n) is 6.57. The van der Waals surface area contributed by atoms with Crippen LogP contribution in [0.3, 0.4) is 0 Å². The summed E-state index contributed by atoms with van der Waals surface area (Å²) in [5, 5.41) is 18.0. The summed E-state index contributed by atoms with van der Waals surface area (Å²) in [6.07, 6.45) is 3.27. The maximum atomic E-state index is 11.7. The molecule has 0 amide bonds. The van der Waals surface area contributed by atoms with E-state index < -0.39 is 22.4 Å². The van der Waals surface area contributed by atoms with E-state index in [-0.39, 0.29) is 6.61 Å². The van der Waals surface area contributed by atoms with Gasteiger partial charge in [0.15, 0.2) is 9.79 Å². The van der Waals surface area contributed by atoms with Crippen molar-refractivity contribution in [3.05, 3.63) is 48.5 Å². The first-order chi connectivity index (χ1) is 14.4. The number of aliphatic hydroxyl groups excluding tert-OH is 1. The number of hydrogen-bond donors (Lipinski definition) is 1. The predicted octanol–water partition coefficient (Wildman–Crippen LogP) is 2.50. The molecule has 0 saturated heterocycles. The van der Waals surface area contributed by atoms with Crippen molar-refractivity contribution in [3.63, 3.8) is 0 Å². The third kappa shape index (κ3) is 5.11. The van der Waals surface area contributed by atoms with Crippen molar-refractivity contribution in [2.75, 3.05) is 37.1 Å². The van der Waals surface area contributed by atoms with E-state index in [2.05, 4.69) is 10.2 Å². The van der Waals surface area contributed by atoms with Gasteiger partial charge in [-0.2, -0.15) is 0 Å². The largest absolute Gasteiger partial charge is 0.612 e. The molecule has 0 bridgehead atoms. The molecule has 30 heavy (non-hydrogen) atoms. The van der Waals surface area contributed by atoms with Gasteiger partial charge in [-0.1, -0.05) is 0 Å². The van der Waals surface area contributed by atoms with Crippen LogP contribution in [0.25, 0.3) is 22.5 Å². The Bertz CT molecular complexity index is 967. The molecule has 0 spiro atoms. The summed E-state index contributed by atoms with van der Waals surface area (Å²) in [5.74, 6) is 0.430. The molecule has 1 N–H and O–H groups in total. The molecule has 2 atom stereocenters. The van der Waals surface area contributed by atoms with Crippen LogP contribution in [0, 0.1) is 0 Å². The van der Waals surface area contributed by atoms with Gasteiger partial charge in [-0.25, -0.2) is 4.98 Å². The highest BCUT2D eigenvalue weighted by atomic mass is 32.2. The summed E-state index contributed by atoms with van der Waals surface area (Å²) in [7, 11) is 0. The fourth-order valence-corrected chi connectivity index (χ4v) is 4.01. The van der Waals surface area contributed by atoms with E-state index in [0.717, 1.165) is 20.9 Å². The van der Waals surface area contributed by atoms with Crippen LogP contribution in [0.1, 0.15) is 6.92 Å². The molecule has 7 nitrogen and oxygen atoms in total. The highest BCUT2D eigenvalue weighted by molar-refractivity contribution is 7.91. The topological polar surface area (TPSA) is 108 Å². The number of hydrogen-bond acceptors (Lipinski definition) is 7. The van der Waals surface area contributed by atoms with E-state index in [0.29, 0.717) is 30.4 Å². The maximum Gasteiger partial charge on any atom is 0.246 e. The smallest absolute Gasteiger partial charge is 0.246 e. The minimum absolute atomic E-state index is 0.0130. The fourth-order valence-electron chi connectivity index (χ4n) is 2.98. The number of aliphatic hydroxyl groups is 1. The molecule has 2 unspecified atom stereocenters. The van der Waals surface area contributed by atoms with Crippen molar-refractivity contribution in [2.24, 2.45) is 0 Å². The van der Waals surface area contributed by atoms with Crippen molar-refractivity contribution in [3.8, 4) is 22.5 Å². The van der Waals surface area contributed by atoms with Crippen molar-refractivity contribution in [1.29, 1.82) is 0 Å². The molecule has 1 aromatic heterocycles. The van der Waals surface area contributed by atoms with Crippen LogP contribution >= 0.6 is 0 Å². The van der Waals surface area contributed by atoms with E-state index in [1.165, 1.54) is 0 Å². The Kier molecular flexibility index (Phi) is 7.68. The Morgan fingerprint density at radius 1 is 0.833 bits per heavy atom. The zero-order chi connectivity index (χ0) is 21.7. The Morgan fingerprint density at radius 2 is 1.33 bits per heavy atom. The van der Waals surface area contributed by atoms with Gasteiger partial charge in [0, 0.05) is 24.2 Å². The Hall–Kier alpha value is -2.17. The van der Waals surface area contributed by atoms with Gasteiger partial charge in [0.25, 0.3) is 0 Å². The molecule has 0 aliphatic carbocycles. The van der Waals surface area contributed by atoms with E-state index in [1.54, 1.807) is 24.6 Å². The second-order valence-corrected chi connectivity index (χ2v) is 9.33. The van der Waals surface area contributed by atoms with Crippen LogP contribution in [0.2, 0.25) is 0 Å². The van der Waals surface area contributed by atoms with Crippen LogP contribution in [0.5, 0.6) is 0 Å². The highest BCUT2D eigenvalue weighted by Gasteiger charge is 2.18. The number of aromatic nitrogens is 3. The monoisotopic (exact) mass is 444 g/mol. The van der Waals surface area contributed by atoms with Crippen molar-refractivity contribution in [1.82, 2.24) is 15.2 Å². The SMILES string of the molecule is CCN(CCO)c1nnc(-c2ccc([S+](C)[O-])cc2)c(-c2ccc([S+](C)[O-])cc2)n1. The summed E-state index contributed by atoms with van der Waals surface area (Å²) < 4.78 is 23.4. The molecular weight excluding hydrogens is 420 g/mol. The average molecular weight is 445 g/mol. The van der Waals surface area contributed by atoms with Gasteiger partial charge in [-0.3, -0.25) is 0 Å². The fraction of sp³-hybridized carbons (Fsp3) is 0.286. The standard InChI is InChI=1S/C21H24N4O3S2/c1-4-25(13-14-26)21-22-19(15-5-9-17(10-6-15)29(2)27)20(23-24-21)16-7-11-18(12-8-16)30(3)28/h5-12,26H,4,13-14H2,1-3H3. The number of nitrogens with zero attached hydrogens (tertiary/aromatic N) is 4. The summed E-state index contributed by atoms with van der Waals surface area (Å²) in [4.78, 5) is 8.05. The van der Waals surface area contributed by atoms with Crippen molar-refractivity contribution >= 4 is 28.3 Å². The van der Waals surface area contributed by atoms with Crippen molar-refractivity contribution in [2.45, 2.75) is 16.7 Å². The average Bonchev–Trinajstić information content (AvgIpc) is 2.77. The van der Waals surface area contributed by atoms with Crippen molar-refractivity contribution < 1.29 is 14.2 Å². The lowest BCUT2D eigenvalue weighted by molar-refractivity contribution is 0.301. The molecule has 3 aromatic rings. The first kappa shape index (κ1) is 22.5. The Morgan fingerprint density at radius 3 is 1.77 bits per heavy atom. The first-order valence-electron chi connectivity index (χ1n) is 9.42. The molecule has 0 radical (unpaired) electrons. The number of rotatable bonds is 8. The third-order valence-corrected chi connectivity index (χ3v) is 6.50. The van der Waals surface area contributed by atoms with E-state index >= 15 is 0 Å². The summed E-state index contributed by atoms with van der Waals surface area (Å²) >= 11 is -2.14. The summed E-state index contributed by atoms with van der Waals surface area (Å²) in [6, 6.07) is 14.7. The van der Waals surface area contributed by atoms with Gasteiger partial charge in [0.2, 0.25) is 5.95 Å². The third-order valence-electron chi connectivity index (χ3n) is 4.63. The molecule has 9 heteroatoms. The van der Waals surface area contributed by atoms with E-state index in [9.17, 15) is 14.2 Å². The second kappa shape index (κ2) is 10.2. The van der Waals surface area contributed by atoms with Gasteiger partial charge in [-0.05, 0) is 77.8 Å². The lowest BCUT2D eigenvalue weighted by Crippen LogP contribution is -2.28. The lowest BCUT2D eigenvalue weighted by atomic mass is 10.0. The zero-order valence-electron chi connectivity index (χ0n) is 17.1. The summed E-state index contributed by atoms with van der Waals surface area (Å²) in [5.41, 5.74) is 2.85. The highest BCUT2D eigenvalue weighted by Crippen LogP contribution is 2.31. The molecule has 0 aliphatic rings. The Labute approximate surface area is 182 Å². The normalized spacial score (nSPS) is 13.1. The first-order valence-corrected chi connectivity index (χ1v) is 12.5. The van der Waals surface area contributed by atoms with Crippen LogP contribution in [0.15, 0.2) is 58.3 Å². The van der Waals surface area contributed by atoms with E-state index in [4.69, 9.17) is 4.98 Å². The lowest BCUT2D eigenvalue weighted by Gasteiger charge is -2.20. The quantitative estimate of drug-likeness (QED) is 0.532. The van der Waals surface area contributed by atoms with Gasteiger partial charge in [0.1, 0.15) is 23.9 Å². The molecule has 0 fully saturated rings. The zero-order valence-corrected chi connectivity index (χ0v) is 18.7. The van der Waals surface area contributed by atoms with Crippen LogP contribution in [0.4, 0.5) is 5.95 Å². The number of benzene rings is 2. The molecule has 0 saturated carbocycles. The minimum Gasteiger partial charge on any atom is -0.612 e. The maximum absolute atomic E-state index is 11.7. The van der Waals surface area contributed by atoms with Gasteiger partial charge in [0.05, 0.1) is 6.61 Å². The van der Waals surface area contributed by atoms with E-state index in [1.807, 2.05) is 48.2 Å². The molecule has 3 rings (SSSR count). The number of likely N-dealkylation sites (N-methyl/N-ethyl adjacent to an activating group) is 1. The van der Waals surface area contributed by atoms with Gasteiger partial charge >= 0.3 is 0 Å². The molecule has 2 aromatic carbocycles. The van der Waals surface area contributed by atoms with Crippen LogP contribution < -0.4 is 4.90 Å². The summed E-state index contributed by atoms with van der Waals surface area (Å²) in [6.45, 7) is 2.98. The van der Waals surface area contributed by atoms with Crippen LogP contribution in [-0.4, -0.2) is 61.6 Å². The van der Waals surface area contributed by atoms with Crippen LogP contribution in [-0.2, 0) is 22.4 Å². The van der Waals surface area contributed by atoms with Gasteiger partial charge in [-0.15, -0.1) is 10.2 Å².